The van der Waals surface area contributed by atoms with Gasteiger partial charge in [-0.2, -0.15) is 0 Å². The van der Waals surface area contributed by atoms with E-state index in [2.05, 4.69) is 44.5 Å². The maximum Gasteiger partial charge on any atom is 0.126 e. The first-order chi connectivity index (χ1) is 13.2. The number of benzene rings is 1. The second-order valence-corrected chi connectivity index (χ2v) is 6.61. The van der Waals surface area contributed by atoms with Crippen LogP contribution < -0.4 is 10.2 Å². The zero-order chi connectivity index (χ0) is 18.6. The Morgan fingerprint density at radius 2 is 1.70 bits per heavy atom. The Kier molecular flexibility index (Phi) is 4.66. The fourth-order valence-electron chi connectivity index (χ4n) is 2.90. The lowest BCUT2D eigenvalue weighted by Crippen LogP contribution is -2.07. The van der Waals surface area contributed by atoms with Gasteiger partial charge in [-0.25, -0.2) is 4.98 Å². The number of hydrogen-bond acceptors (Lipinski definition) is 5. The molecule has 0 aliphatic carbocycles. The molecule has 0 atom stereocenters. The molecule has 5 nitrogen and oxygen atoms in total. The van der Waals surface area contributed by atoms with Crippen molar-refractivity contribution in [2.24, 2.45) is 0 Å². The molecule has 27 heavy (non-hydrogen) atoms. The predicted octanol–water partition coefficient (Wildman–Crippen LogP) is 4.37. The first-order valence-corrected chi connectivity index (χ1v) is 8.86. The summed E-state index contributed by atoms with van der Waals surface area (Å²) in [4.78, 5) is 15.5. The minimum Gasteiger partial charge on any atom is -0.378 e. The highest BCUT2D eigenvalue weighted by Gasteiger charge is 2.05. The highest BCUT2D eigenvalue weighted by atomic mass is 15.1. The van der Waals surface area contributed by atoms with Crippen molar-refractivity contribution in [1.82, 2.24) is 15.0 Å². The van der Waals surface area contributed by atoms with Crippen LogP contribution in [0.15, 0.2) is 73.2 Å². The third kappa shape index (κ3) is 3.87. The summed E-state index contributed by atoms with van der Waals surface area (Å²) >= 11 is 0. The van der Waals surface area contributed by atoms with Crippen molar-refractivity contribution in [2.45, 2.75) is 6.54 Å². The molecule has 0 aliphatic heterocycles. The number of nitrogens with one attached hydrogen (secondary N) is 1. The van der Waals surface area contributed by atoms with Gasteiger partial charge in [-0.15, -0.1) is 0 Å². The molecule has 0 aliphatic rings. The van der Waals surface area contributed by atoms with Crippen LogP contribution in [0.5, 0.6) is 0 Å². The standard InChI is InChI=1S/C22H21N5/c1-27(2)19-6-3-17(4-7-19)20-13-21-18(15-24-20)5-8-22(26-21)25-14-16-9-11-23-12-10-16/h3-13,15H,14H2,1-2H3,(H,25,26). The zero-order valence-electron chi connectivity index (χ0n) is 15.4. The second kappa shape index (κ2) is 7.41. The van der Waals surface area contributed by atoms with Crippen molar-refractivity contribution in [3.05, 3.63) is 78.8 Å². The molecule has 3 heterocycles. The van der Waals surface area contributed by atoms with Gasteiger partial charge in [0.1, 0.15) is 5.82 Å². The Labute approximate surface area is 158 Å². The van der Waals surface area contributed by atoms with Gasteiger partial charge in [0.2, 0.25) is 0 Å². The van der Waals surface area contributed by atoms with E-state index in [0.29, 0.717) is 6.54 Å². The molecule has 0 saturated carbocycles. The van der Waals surface area contributed by atoms with Gasteiger partial charge < -0.3 is 10.2 Å². The van der Waals surface area contributed by atoms with E-state index in [-0.39, 0.29) is 0 Å². The summed E-state index contributed by atoms with van der Waals surface area (Å²) in [6.45, 7) is 0.713. The average Bonchev–Trinajstić information content (AvgIpc) is 2.72. The summed E-state index contributed by atoms with van der Waals surface area (Å²) in [5, 5.41) is 4.39. The largest absolute Gasteiger partial charge is 0.378 e. The maximum atomic E-state index is 4.75. The van der Waals surface area contributed by atoms with E-state index in [9.17, 15) is 0 Å². The summed E-state index contributed by atoms with van der Waals surface area (Å²) in [5.74, 6) is 0.847. The van der Waals surface area contributed by atoms with Crippen LogP contribution in [0.3, 0.4) is 0 Å². The summed E-state index contributed by atoms with van der Waals surface area (Å²) in [7, 11) is 4.07. The van der Waals surface area contributed by atoms with Gasteiger partial charge in [0.15, 0.2) is 0 Å². The Morgan fingerprint density at radius 1 is 0.926 bits per heavy atom. The highest BCUT2D eigenvalue weighted by Crippen LogP contribution is 2.24. The first-order valence-electron chi connectivity index (χ1n) is 8.86. The molecule has 5 heteroatoms. The van der Waals surface area contributed by atoms with Crippen molar-refractivity contribution in [2.75, 3.05) is 24.3 Å². The van der Waals surface area contributed by atoms with Crippen LogP contribution in [0.1, 0.15) is 5.56 Å². The summed E-state index contributed by atoms with van der Waals surface area (Å²) in [5.41, 5.74) is 5.27. The van der Waals surface area contributed by atoms with Crippen molar-refractivity contribution in [1.29, 1.82) is 0 Å². The molecule has 0 saturated heterocycles. The number of hydrogen-bond donors (Lipinski definition) is 1. The molecule has 0 spiro atoms. The molecule has 0 fully saturated rings. The van der Waals surface area contributed by atoms with E-state index in [4.69, 9.17) is 4.98 Å². The van der Waals surface area contributed by atoms with Gasteiger partial charge in [-0.05, 0) is 48.0 Å². The predicted molar refractivity (Wildman–Crippen MR) is 111 cm³/mol. The van der Waals surface area contributed by atoms with Crippen LogP contribution in [0.4, 0.5) is 11.5 Å². The average molecular weight is 355 g/mol. The highest BCUT2D eigenvalue weighted by molar-refractivity contribution is 5.83. The van der Waals surface area contributed by atoms with E-state index < -0.39 is 0 Å². The fraction of sp³-hybridized carbons (Fsp3) is 0.136. The van der Waals surface area contributed by atoms with Crippen LogP contribution in [-0.2, 0) is 6.54 Å². The quantitative estimate of drug-likeness (QED) is 0.576. The first kappa shape index (κ1) is 17.0. The normalized spacial score (nSPS) is 10.7. The monoisotopic (exact) mass is 355 g/mol. The van der Waals surface area contributed by atoms with E-state index in [1.54, 1.807) is 12.4 Å². The van der Waals surface area contributed by atoms with Crippen LogP contribution in [0.2, 0.25) is 0 Å². The molecule has 0 radical (unpaired) electrons. The molecule has 0 bridgehead atoms. The number of aromatic nitrogens is 3. The lowest BCUT2D eigenvalue weighted by molar-refractivity contribution is 1.10. The number of pyridine rings is 3. The van der Waals surface area contributed by atoms with Crippen molar-refractivity contribution >= 4 is 22.4 Å². The van der Waals surface area contributed by atoms with Gasteiger partial charge in [-0.1, -0.05) is 12.1 Å². The molecule has 4 rings (SSSR count). The van der Waals surface area contributed by atoms with Crippen LogP contribution in [0, 0.1) is 0 Å². The molecule has 134 valence electrons. The van der Waals surface area contributed by atoms with Crippen molar-refractivity contribution in [3.63, 3.8) is 0 Å². The molecule has 3 aromatic heterocycles. The van der Waals surface area contributed by atoms with Crippen LogP contribution in [-0.4, -0.2) is 29.0 Å². The van der Waals surface area contributed by atoms with E-state index in [1.807, 2.05) is 50.6 Å². The maximum absolute atomic E-state index is 4.75. The van der Waals surface area contributed by atoms with Crippen LogP contribution >= 0.6 is 0 Å². The van der Waals surface area contributed by atoms with Crippen LogP contribution in [0.25, 0.3) is 22.2 Å². The molecule has 1 N–H and O–H groups in total. The lowest BCUT2D eigenvalue weighted by atomic mass is 10.1. The molecule has 4 aromatic rings. The number of fused-ring (bicyclic) bond motifs is 1. The Bertz CT molecular complexity index is 1040. The summed E-state index contributed by atoms with van der Waals surface area (Å²) in [6.07, 6.45) is 5.47. The molecule has 0 unspecified atom stereocenters. The minimum absolute atomic E-state index is 0.713. The summed E-state index contributed by atoms with van der Waals surface area (Å²) in [6, 6.07) is 18.4. The topological polar surface area (TPSA) is 53.9 Å². The Morgan fingerprint density at radius 3 is 2.44 bits per heavy atom. The third-order valence-electron chi connectivity index (χ3n) is 4.48. The van der Waals surface area contributed by atoms with Gasteiger partial charge in [-0.3, -0.25) is 9.97 Å². The smallest absolute Gasteiger partial charge is 0.126 e. The Hall–Kier alpha value is -3.47. The van der Waals surface area contributed by atoms with Crippen molar-refractivity contribution < 1.29 is 0 Å². The second-order valence-electron chi connectivity index (χ2n) is 6.61. The minimum atomic E-state index is 0.713. The van der Waals surface area contributed by atoms with E-state index in [1.165, 1.54) is 11.3 Å². The van der Waals surface area contributed by atoms with E-state index in [0.717, 1.165) is 28.0 Å². The molecule has 0 amide bonds. The number of anilines is 2. The third-order valence-corrected chi connectivity index (χ3v) is 4.48. The van der Waals surface area contributed by atoms with Gasteiger partial charge in [0.05, 0.1) is 11.2 Å². The van der Waals surface area contributed by atoms with Gasteiger partial charge in [0, 0.05) is 55.9 Å². The van der Waals surface area contributed by atoms with Gasteiger partial charge >= 0.3 is 0 Å². The summed E-state index contributed by atoms with van der Waals surface area (Å²) < 4.78 is 0. The number of rotatable bonds is 5. The molecule has 1 aromatic carbocycles. The van der Waals surface area contributed by atoms with E-state index >= 15 is 0 Å². The molecular weight excluding hydrogens is 334 g/mol. The zero-order valence-corrected chi connectivity index (χ0v) is 15.4. The lowest BCUT2D eigenvalue weighted by Gasteiger charge is -2.12. The SMILES string of the molecule is CN(C)c1ccc(-c2cc3nc(NCc4ccncc4)ccc3cn2)cc1. The van der Waals surface area contributed by atoms with Crippen molar-refractivity contribution in [3.8, 4) is 11.3 Å². The fourth-order valence-corrected chi connectivity index (χ4v) is 2.90. The van der Waals surface area contributed by atoms with Gasteiger partial charge in [0.25, 0.3) is 0 Å². The number of nitrogens with zero attached hydrogens (tertiary/aromatic N) is 4. The Balaban J connectivity index is 1.59. The molecular formula is C22H21N5.